The Morgan fingerprint density at radius 3 is 2.57 bits per heavy atom. The second-order valence-electron chi connectivity index (χ2n) is 6.54. The summed E-state index contributed by atoms with van der Waals surface area (Å²) in [7, 11) is 1.61. The summed E-state index contributed by atoms with van der Waals surface area (Å²) in [5.41, 5.74) is 1.66. The number of hydrogen-bond acceptors (Lipinski definition) is 5. The van der Waals surface area contributed by atoms with Crippen LogP contribution < -0.4 is 15.8 Å². The molecule has 3 aromatic rings. The minimum atomic E-state index is -0.452. The number of rotatable bonds is 6. The molecule has 2 amide bonds. The molecule has 8 nitrogen and oxygen atoms in total. The zero-order valence-corrected chi connectivity index (χ0v) is 17.5. The third kappa shape index (κ3) is 4.74. The molecule has 3 rings (SSSR count). The molecule has 0 saturated carbocycles. The summed E-state index contributed by atoms with van der Waals surface area (Å²) in [4.78, 5) is 41.1. The average Bonchev–Trinajstić information content (AvgIpc) is 2.74. The van der Waals surface area contributed by atoms with Gasteiger partial charge >= 0.3 is 6.09 Å². The maximum absolute atomic E-state index is 12.6. The van der Waals surface area contributed by atoms with Crippen molar-refractivity contribution in [2.45, 2.75) is 19.9 Å². The quantitative estimate of drug-likeness (QED) is 0.586. The molecule has 0 unspecified atom stereocenters. The minimum Gasteiger partial charge on any atom is -0.449 e. The van der Waals surface area contributed by atoms with Gasteiger partial charge in [0.1, 0.15) is 0 Å². The number of amides is 2. The molecule has 0 atom stereocenters. The molecule has 1 heterocycles. The van der Waals surface area contributed by atoms with E-state index >= 15 is 0 Å². The predicted octanol–water partition coefficient (Wildman–Crippen LogP) is 3.68. The summed E-state index contributed by atoms with van der Waals surface area (Å²) >= 11 is 5.26. The van der Waals surface area contributed by atoms with Crippen LogP contribution in [0.3, 0.4) is 0 Å². The maximum Gasteiger partial charge on any atom is 0.413 e. The second kappa shape index (κ2) is 9.36. The van der Waals surface area contributed by atoms with E-state index in [2.05, 4.69) is 10.3 Å². The van der Waals surface area contributed by atoms with Crippen molar-refractivity contribution < 1.29 is 14.3 Å². The van der Waals surface area contributed by atoms with E-state index in [9.17, 15) is 14.4 Å². The number of aromatic amines is 1. The summed E-state index contributed by atoms with van der Waals surface area (Å²) in [5.74, 6) is -0.254. The molecule has 30 heavy (non-hydrogen) atoms. The molecule has 0 saturated heterocycles. The predicted molar refractivity (Wildman–Crippen MR) is 119 cm³/mol. The van der Waals surface area contributed by atoms with Gasteiger partial charge in [0.25, 0.3) is 5.56 Å². The van der Waals surface area contributed by atoms with Crippen molar-refractivity contribution in [1.29, 1.82) is 0 Å². The smallest absolute Gasteiger partial charge is 0.413 e. The van der Waals surface area contributed by atoms with Crippen LogP contribution >= 0.6 is 12.2 Å². The Morgan fingerprint density at radius 2 is 1.87 bits per heavy atom. The van der Waals surface area contributed by atoms with Crippen molar-refractivity contribution in [1.82, 2.24) is 9.55 Å². The number of carbonyl (C=O) groups excluding carboxylic acids is 2. The SMILES string of the molecule is CCOC(=O)N(C)c1ccc(NC(=O)CCn2c(=S)[nH]c3ccccc3c2=O)cc1. The standard InChI is InChI=1S/C21H22N4O4S/c1-3-29-21(28)24(2)15-10-8-14(9-11-15)22-18(26)12-13-25-19(27)16-6-4-5-7-17(16)23-20(25)30/h4-11H,3,12-13H2,1-2H3,(H,22,26)(H,23,30). The Bertz CT molecular complexity index is 1180. The molecule has 0 aliphatic carbocycles. The fraction of sp³-hybridized carbons (Fsp3) is 0.238. The molecule has 0 spiro atoms. The van der Waals surface area contributed by atoms with Gasteiger partial charge < -0.3 is 15.0 Å². The molecule has 0 bridgehead atoms. The monoisotopic (exact) mass is 426 g/mol. The van der Waals surface area contributed by atoms with Gasteiger partial charge in [0.05, 0.1) is 17.5 Å². The highest BCUT2D eigenvalue weighted by Crippen LogP contribution is 2.18. The molecule has 2 N–H and O–H groups in total. The first-order valence-electron chi connectivity index (χ1n) is 9.43. The number of carbonyl (C=O) groups is 2. The lowest BCUT2D eigenvalue weighted by molar-refractivity contribution is -0.116. The highest BCUT2D eigenvalue weighted by Gasteiger charge is 2.12. The van der Waals surface area contributed by atoms with Crippen LogP contribution in [0.25, 0.3) is 10.9 Å². The maximum atomic E-state index is 12.6. The van der Waals surface area contributed by atoms with Crippen LogP contribution in [0, 0.1) is 4.77 Å². The largest absolute Gasteiger partial charge is 0.449 e. The molecule has 9 heteroatoms. The van der Waals surface area contributed by atoms with Gasteiger partial charge in [-0.2, -0.15) is 0 Å². The number of hydrogen-bond donors (Lipinski definition) is 2. The van der Waals surface area contributed by atoms with Gasteiger partial charge in [-0.15, -0.1) is 0 Å². The lowest BCUT2D eigenvalue weighted by atomic mass is 10.2. The van der Waals surface area contributed by atoms with Crippen molar-refractivity contribution in [2.24, 2.45) is 0 Å². The number of nitrogens with zero attached hydrogens (tertiary/aromatic N) is 2. The van der Waals surface area contributed by atoms with Crippen LogP contribution in [0.5, 0.6) is 0 Å². The first kappa shape index (κ1) is 21.3. The van der Waals surface area contributed by atoms with Crippen molar-refractivity contribution in [3.63, 3.8) is 0 Å². The van der Waals surface area contributed by atoms with Gasteiger partial charge in [-0.25, -0.2) is 4.79 Å². The summed E-state index contributed by atoms with van der Waals surface area (Å²) < 4.78 is 6.61. The Kier molecular flexibility index (Phi) is 6.63. The Balaban J connectivity index is 1.64. The normalized spacial score (nSPS) is 10.6. The number of nitrogens with one attached hydrogen (secondary N) is 2. The zero-order chi connectivity index (χ0) is 21.7. The lowest BCUT2D eigenvalue weighted by Crippen LogP contribution is -2.27. The van der Waals surface area contributed by atoms with Gasteiger partial charge in [-0.1, -0.05) is 12.1 Å². The van der Waals surface area contributed by atoms with E-state index in [4.69, 9.17) is 17.0 Å². The van der Waals surface area contributed by atoms with Crippen LogP contribution in [-0.4, -0.2) is 35.2 Å². The molecule has 0 fully saturated rings. The van der Waals surface area contributed by atoms with Gasteiger partial charge in [0.15, 0.2) is 4.77 Å². The second-order valence-corrected chi connectivity index (χ2v) is 6.92. The van der Waals surface area contributed by atoms with Gasteiger partial charge in [0.2, 0.25) is 5.91 Å². The molecule has 2 aromatic carbocycles. The fourth-order valence-corrected chi connectivity index (χ4v) is 3.22. The van der Waals surface area contributed by atoms with Crippen molar-refractivity contribution in [3.8, 4) is 0 Å². The van der Waals surface area contributed by atoms with E-state index in [1.54, 1.807) is 56.4 Å². The summed E-state index contributed by atoms with van der Waals surface area (Å²) in [6, 6.07) is 13.9. The van der Waals surface area contributed by atoms with Gasteiger partial charge in [0, 0.05) is 31.4 Å². The van der Waals surface area contributed by atoms with E-state index in [1.165, 1.54) is 9.47 Å². The number of H-pyrrole nitrogens is 1. The van der Waals surface area contributed by atoms with Crippen molar-refractivity contribution in [3.05, 3.63) is 63.7 Å². The van der Waals surface area contributed by atoms with Crippen LogP contribution in [0.2, 0.25) is 0 Å². The van der Waals surface area contributed by atoms with Crippen LogP contribution in [0.1, 0.15) is 13.3 Å². The van der Waals surface area contributed by atoms with Crippen LogP contribution in [0.15, 0.2) is 53.3 Å². The number of ether oxygens (including phenoxy) is 1. The Morgan fingerprint density at radius 1 is 1.17 bits per heavy atom. The van der Waals surface area contributed by atoms with Crippen molar-refractivity contribution in [2.75, 3.05) is 23.9 Å². The summed E-state index contributed by atoms with van der Waals surface area (Å²) in [6.07, 6.45) is -0.369. The van der Waals surface area contributed by atoms with Crippen LogP contribution in [-0.2, 0) is 16.1 Å². The third-order valence-electron chi connectivity index (χ3n) is 4.53. The number of para-hydroxylation sites is 1. The molecule has 1 aromatic heterocycles. The number of anilines is 2. The van der Waals surface area contributed by atoms with Crippen molar-refractivity contribution >= 4 is 46.5 Å². The number of fused-ring (bicyclic) bond motifs is 1. The van der Waals surface area contributed by atoms with E-state index < -0.39 is 6.09 Å². The minimum absolute atomic E-state index is 0.0835. The van der Waals surface area contributed by atoms with E-state index in [1.807, 2.05) is 6.07 Å². The van der Waals surface area contributed by atoms with E-state index in [-0.39, 0.29) is 29.2 Å². The molecule has 156 valence electrons. The molecule has 0 aliphatic heterocycles. The average molecular weight is 426 g/mol. The van der Waals surface area contributed by atoms with Crippen LogP contribution in [0.4, 0.5) is 16.2 Å². The van der Waals surface area contributed by atoms with E-state index in [0.29, 0.717) is 28.9 Å². The Labute approximate surface area is 178 Å². The Hall–Kier alpha value is -3.46. The van der Waals surface area contributed by atoms with Gasteiger partial charge in [-0.3, -0.25) is 19.1 Å². The first-order valence-corrected chi connectivity index (χ1v) is 9.83. The first-order chi connectivity index (χ1) is 14.4. The zero-order valence-electron chi connectivity index (χ0n) is 16.7. The topological polar surface area (TPSA) is 96.4 Å². The number of aromatic nitrogens is 2. The third-order valence-corrected chi connectivity index (χ3v) is 4.85. The fourth-order valence-electron chi connectivity index (χ4n) is 2.93. The molecular formula is C21H22N4O4S. The lowest BCUT2D eigenvalue weighted by Gasteiger charge is -2.17. The highest BCUT2D eigenvalue weighted by molar-refractivity contribution is 7.71. The summed E-state index contributed by atoms with van der Waals surface area (Å²) in [5, 5.41) is 3.30. The highest BCUT2D eigenvalue weighted by atomic mass is 32.1. The molecule has 0 radical (unpaired) electrons. The van der Waals surface area contributed by atoms with E-state index in [0.717, 1.165) is 0 Å². The molecule has 0 aliphatic rings. The summed E-state index contributed by atoms with van der Waals surface area (Å²) in [6.45, 7) is 2.19. The molecular weight excluding hydrogens is 404 g/mol. The van der Waals surface area contributed by atoms with Gasteiger partial charge in [-0.05, 0) is 55.5 Å². The number of benzene rings is 2.